The third-order valence-electron chi connectivity index (χ3n) is 3.75. The van der Waals surface area contributed by atoms with Gasteiger partial charge in [-0.3, -0.25) is 4.90 Å². The zero-order valence-corrected chi connectivity index (χ0v) is 11.5. The molecule has 16 heavy (non-hydrogen) atoms. The van der Waals surface area contributed by atoms with Gasteiger partial charge in [0.2, 0.25) is 0 Å². The van der Waals surface area contributed by atoms with E-state index in [-0.39, 0.29) is 0 Å². The fraction of sp³-hybridized carbons (Fsp3) is 1.00. The zero-order valence-electron chi connectivity index (χ0n) is 11.5. The van der Waals surface area contributed by atoms with Crippen molar-refractivity contribution in [3.05, 3.63) is 0 Å². The molecule has 1 fully saturated rings. The van der Waals surface area contributed by atoms with Gasteiger partial charge in [0.25, 0.3) is 0 Å². The van der Waals surface area contributed by atoms with Crippen molar-refractivity contribution in [3.8, 4) is 0 Å². The topological polar surface area (TPSA) is 18.5 Å². The Labute approximate surface area is 101 Å². The molecule has 0 aromatic rings. The van der Waals surface area contributed by atoms with Gasteiger partial charge in [-0.05, 0) is 26.9 Å². The number of rotatable bonds is 6. The van der Waals surface area contributed by atoms with Crippen LogP contribution >= 0.6 is 0 Å². The van der Waals surface area contributed by atoms with Crippen LogP contribution in [0.5, 0.6) is 0 Å². The molecular weight excluding hydrogens is 198 g/mol. The van der Waals surface area contributed by atoms with Crippen LogP contribution in [-0.2, 0) is 0 Å². The second-order valence-electron chi connectivity index (χ2n) is 5.20. The Hall–Kier alpha value is -0.120. The summed E-state index contributed by atoms with van der Waals surface area (Å²) in [4.78, 5) is 4.93. The molecule has 0 aliphatic carbocycles. The van der Waals surface area contributed by atoms with Crippen LogP contribution in [0.4, 0.5) is 0 Å². The van der Waals surface area contributed by atoms with Crippen LogP contribution in [0.15, 0.2) is 0 Å². The average Bonchev–Trinajstić information content (AvgIpc) is 2.28. The quantitative estimate of drug-likeness (QED) is 0.740. The number of hydrogen-bond donors (Lipinski definition) is 1. The van der Waals surface area contributed by atoms with E-state index < -0.39 is 0 Å². The van der Waals surface area contributed by atoms with E-state index in [1.165, 1.54) is 38.9 Å². The van der Waals surface area contributed by atoms with Crippen molar-refractivity contribution in [2.24, 2.45) is 0 Å². The van der Waals surface area contributed by atoms with Gasteiger partial charge in [0, 0.05) is 38.3 Å². The Morgan fingerprint density at radius 2 is 2.00 bits per heavy atom. The van der Waals surface area contributed by atoms with Gasteiger partial charge < -0.3 is 10.2 Å². The van der Waals surface area contributed by atoms with Crippen LogP contribution in [0.25, 0.3) is 0 Å². The Morgan fingerprint density at radius 3 is 2.62 bits per heavy atom. The summed E-state index contributed by atoms with van der Waals surface area (Å²) in [6.07, 6.45) is 3.84. The maximum atomic E-state index is 3.72. The Balaban J connectivity index is 2.28. The van der Waals surface area contributed by atoms with Crippen molar-refractivity contribution in [3.63, 3.8) is 0 Å². The molecule has 0 aromatic heterocycles. The summed E-state index contributed by atoms with van der Waals surface area (Å²) < 4.78 is 0. The van der Waals surface area contributed by atoms with Crippen LogP contribution in [0.2, 0.25) is 0 Å². The molecule has 0 spiro atoms. The Morgan fingerprint density at radius 1 is 1.25 bits per heavy atom. The van der Waals surface area contributed by atoms with Crippen molar-refractivity contribution < 1.29 is 0 Å². The lowest BCUT2D eigenvalue weighted by molar-refractivity contribution is 0.111. The predicted molar refractivity (Wildman–Crippen MR) is 70.9 cm³/mol. The number of nitrogens with zero attached hydrogens (tertiary/aromatic N) is 2. The first kappa shape index (κ1) is 13.9. The molecule has 0 radical (unpaired) electrons. The molecule has 0 amide bonds. The van der Waals surface area contributed by atoms with Crippen molar-refractivity contribution in [2.75, 3.05) is 40.3 Å². The van der Waals surface area contributed by atoms with Crippen LogP contribution in [0.1, 0.15) is 33.1 Å². The summed E-state index contributed by atoms with van der Waals surface area (Å²) in [5.74, 6) is 0. The van der Waals surface area contributed by atoms with Gasteiger partial charge in [0.1, 0.15) is 0 Å². The highest BCUT2D eigenvalue weighted by molar-refractivity contribution is 4.81. The molecule has 1 aliphatic rings. The van der Waals surface area contributed by atoms with Gasteiger partial charge in [-0.25, -0.2) is 0 Å². The maximum Gasteiger partial charge on any atom is 0.0345 e. The SMILES string of the molecule is CCCC(CC)NCC1CN(C)CCN1C. The fourth-order valence-corrected chi connectivity index (χ4v) is 2.42. The van der Waals surface area contributed by atoms with Crippen molar-refractivity contribution in [1.82, 2.24) is 15.1 Å². The lowest BCUT2D eigenvalue weighted by Crippen LogP contribution is -2.54. The van der Waals surface area contributed by atoms with Gasteiger partial charge in [0.05, 0.1) is 0 Å². The first-order chi connectivity index (χ1) is 7.67. The minimum Gasteiger partial charge on any atom is -0.312 e. The molecule has 0 bridgehead atoms. The summed E-state index contributed by atoms with van der Waals surface area (Å²) in [7, 11) is 4.48. The summed E-state index contributed by atoms with van der Waals surface area (Å²) >= 11 is 0. The van der Waals surface area contributed by atoms with Gasteiger partial charge in [-0.2, -0.15) is 0 Å². The van der Waals surface area contributed by atoms with Crippen LogP contribution in [-0.4, -0.2) is 62.2 Å². The van der Waals surface area contributed by atoms with E-state index in [0.717, 1.165) is 6.54 Å². The highest BCUT2D eigenvalue weighted by Crippen LogP contribution is 2.07. The van der Waals surface area contributed by atoms with Crippen LogP contribution in [0.3, 0.4) is 0 Å². The lowest BCUT2D eigenvalue weighted by Gasteiger charge is -2.38. The van der Waals surface area contributed by atoms with Gasteiger partial charge in [-0.15, -0.1) is 0 Å². The number of piperazine rings is 1. The van der Waals surface area contributed by atoms with Gasteiger partial charge in [-0.1, -0.05) is 20.3 Å². The standard InChI is InChI=1S/C13H29N3/c1-5-7-12(6-2)14-10-13-11-15(3)8-9-16(13)4/h12-14H,5-11H2,1-4H3. The molecule has 2 unspecified atom stereocenters. The predicted octanol–water partition coefficient (Wildman–Crippen LogP) is 1.40. The van der Waals surface area contributed by atoms with E-state index in [2.05, 4.69) is 43.1 Å². The zero-order chi connectivity index (χ0) is 12.0. The molecule has 0 aromatic carbocycles. The summed E-state index contributed by atoms with van der Waals surface area (Å²) in [6.45, 7) is 9.30. The molecule has 1 heterocycles. The molecule has 1 saturated heterocycles. The summed E-state index contributed by atoms with van der Waals surface area (Å²) in [5, 5.41) is 3.72. The van der Waals surface area contributed by atoms with E-state index in [0.29, 0.717) is 12.1 Å². The van der Waals surface area contributed by atoms with E-state index >= 15 is 0 Å². The van der Waals surface area contributed by atoms with Crippen LogP contribution in [0, 0.1) is 0 Å². The molecule has 1 N–H and O–H groups in total. The number of likely N-dealkylation sites (N-methyl/N-ethyl adjacent to an activating group) is 2. The Bertz CT molecular complexity index is 184. The van der Waals surface area contributed by atoms with Crippen molar-refractivity contribution >= 4 is 0 Å². The third-order valence-corrected chi connectivity index (χ3v) is 3.75. The highest BCUT2D eigenvalue weighted by atomic mass is 15.3. The van der Waals surface area contributed by atoms with Crippen molar-refractivity contribution in [1.29, 1.82) is 0 Å². The molecule has 2 atom stereocenters. The minimum atomic E-state index is 0.685. The van der Waals surface area contributed by atoms with E-state index in [1.807, 2.05) is 0 Å². The maximum absolute atomic E-state index is 3.72. The molecule has 96 valence electrons. The van der Waals surface area contributed by atoms with E-state index in [4.69, 9.17) is 0 Å². The van der Waals surface area contributed by atoms with Gasteiger partial charge in [0.15, 0.2) is 0 Å². The van der Waals surface area contributed by atoms with E-state index in [1.54, 1.807) is 0 Å². The first-order valence-electron chi connectivity index (χ1n) is 6.79. The molecular formula is C13H29N3. The largest absolute Gasteiger partial charge is 0.312 e. The lowest BCUT2D eigenvalue weighted by atomic mass is 10.1. The second-order valence-corrected chi connectivity index (χ2v) is 5.20. The molecule has 3 heteroatoms. The van der Waals surface area contributed by atoms with Crippen LogP contribution < -0.4 is 5.32 Å². The minimum absolute atomic E-state index is 0.685. The average molecular weight is 227 g/mol. The second kappa shape index (κ2) is 7.25. The number of hydrogen-bond acceptors (Lipinski definition) is 3. The fourth-order valence-electron chi connectivity index (χ4n) is 2.42. The third kappa shape index (κ3) is 4.40. The summed E-state index contributed by atoms with van der Waals surface area (Å²) in [5.41, 5.74) is 0. The van der Waals surface area contributed by atoms with E-state index in [9.17, 15) is 0 Å². The first-order valence-corrected chi connectivity index (χ1v) is 6.79. The highest BCUT2D eigenvalue weighted by Gasteiger charge is 2.22. The molecule has 0 saturated carbocycles. The normalized spacial score (nSPS) is 25.9. The molecule has 1 rings (SSSR count). The van der Waals surface area contributed by atoms with Crippen molar-refractivity contribution in [2.45, 2.75) is 45.2 Å². The smallest absolute Gasteiger partial charge is 0.0345 e. The molecule has 1 aliphatic heterocycles. The Kier molecular flexibility index (Phi) is 6.32. The molecule has 3 nitrogen and oxygen atoms in total. The van der Waals surface area contributed by atoms with Gasteiger partial charge >= 0.3 is 0 Å². The number of nitrogens with one attached hydrogen (secondary N) is 1. The summed E-state index contributed by atoms with van der Waals surface area (Å²) in [6, 6.07) is 1.40. The monoisotopic (exact) mass is 227 g/mol.